The third-order valence-corrected chi connectivity index (χ3v) is 2.05. The fourth-order valence-corrected chi connectivity index (χ4v) is 1.40. The Kier molecular flexibility index (Phi) is 2.66. The Morgan fingerprint density at radius 2 is 2.47 bits per heavy atom. The Bertz CT molecular complexity index is 507. The first kappa shape index (κ1) is 9.69. The van der Waals surface area contributed by atoms with Crippen LogP contribution in [0.3, 0.4) is 0 Å². The molecule has 2 aromatic rings. The molecule has 0 amide bonds. The third-order valence-electron chi connectivity index (χ3n) is 2.05. The van der Waals surface area contributed by atoms with Crippen molar-refractivity contribution in [2.24, 2.45) is 0 Å². The van der Waals surface area contributed by atoms with Gasteiger partial charge in [0, 0.05) is 30.6 Å². The Morgan fingerprint density at radius 3 is 3.27 bits per heavy atom. The molecule has 0 unspecified atom stereocenters. The minimum absolute atomic E-state index is 0.566. The predicted octanol–water partition coefficient (Wildman–Crippen LogP) is 0.761. The van der Waals surface area contributed by atoms with Gasteiger partial charge in [-0.2, -0.15) is 5.10 Å². The molecule has 0 aliphatic heterocycles. The van der Waals surface area contributed by atoms with Crippen LogP contribution < -0.4 is 5.32 Å². The summed E-state index contributed by atoms with van der Waals surface area (Å²) in [5, 5.41) is 7.39. The summed E-state index contributed by atoms with van der Waals surface area (Å²) in [6, 6.07) is 1.94. The van der Waals surface area contributed by atoms with Crippen LogP contribution in [0, 0.1) is 19.3 Å². The Balaban J connectivity index is 2.19. The molecule has 0 radical (unpaired) electrons. The molecular formula is C11H12N4. The van der Waals surface area contributed by atoms with Gasteiger partial charge in [-0.05, 0) is 6.92 Å². The number of terminal acetylenes is 1. The molecule has 0 saturated heterocycles. The maximum absolute atomic E-state index is 5.14. The van der Waals surface area contributed by atoms with Crippen LogP contribution >= 0.6 is 0 Å². The van der Waals surface area contributed by atoms with Crippen molar-refractivity contribution in [1.29, 1.82) is 0 Å². The second-order valence-corrected chi connectivity index (χ2v) is 3.36. The van der Waals surface area contributed by atoms with Gasteiger partial charge in [0.25, 0.3) is 0 Å². The summed E-state index contributed by atoms with van der Waals surface area (Å²) in [6.45, 7) is 3.23. The van der Waals surface area contributed by atoms with Gasteiger partial charge >= 0.3 is 0 Å². The lowest BCUT2D eigenvalue weighted by atomic mass is 10.3. The highest BCUT2D eigenvalue weighted by Crippen LogP contribution is 2.04. The van der Waals surface area contributed by atoms with Gasteiger partial charge in [-0.15, -0.1) is 6.42 Å². The highest BCUT2D eigenvalue weighted by molar-refractivity contribution is 5.38. The largest absolute Gasteiger partial charge is 0.302 e. The zero-order valence-corrected chi connectivity index (χ0v) is 8.57. The van der Waals surface area contributed by atoms with E-state index < -0.39 is 0 Å². The number of nitrogens with one attached hydrogen (secondary N) is 1. The van der Waals surface area contributed by atoms with E-state index in [1.807, 2.05) is 25.4 Å². The van der Waals surface area contributed by atoms with E-state index in [-0.39, 0.29) is 0 Å². The van der Waals surface area contributed by atoms with Gasteiger partial charge in [0.2, 0.25) is 0 Å². The Hall–Kier alpha value is -1.86. The number of hydrogen-bond acceptors (Lipinski definition) is 3. The topological polar surface area (TPSA) is 42.2 Å². The summed E-state index contributed by atoms with van der Waals surface area (Å²) < 4.78 is 1.78. The molecule has 0 saturated carbocycles. The molecule has 0 aliphatic rings. The van der Waals surface area contributed by atoms with E-state index in [0.29, 0.717) is 13.1 Å². The van der Waals surface area contributed by atoms with Crippen molar-refractivity contribution in [2.45, 2.75) is 13.5 Å². The van der Waals surface area contributed by atoms with Gasteiger partial charge < -0.3 is 5.32 Å². The van der Waals surface area contributed by atoms with Crippen molar-refractivity contribution in [3.63, 3.8) is 0 Å². The maximum atomic E-state index is 5.14. The van der Waals surface area contributed by atoms with Crippen molar-refractivity contribution in [2.75, 3.05) is 6.54 Å². The van der Waals surface area contributed by atoms with Crippen LogP contribution in [0.4, 0.5) is 0 Å². The number of aromatic nitrogens is 3. The molecule has 76 valence electrons. The van der Waals surface area contributed by atoms with Crippen LogP contribution in [0.5, 0.6) is 0 Å². The smallest absolute Gasteiger partial charge is 0.155 e. The normalized spacial score (nSPS) is 10.4. The average molecular weight is 200 g/mol. The lowest BCUT2D eigenvalue weighted by Gasteiger charge is -2.01. The minimum atomic E-state index is 0.566. The van der Waals surface area contributed by atoms with Crippen molar-refractivity contribution >= 4 is 5.65 Å². The van der Waals surface area contributed by atoms with E-state index >= 15 is 0 Å². The average Bonchev–Trinajstić information content (AvgIpc) is 2.57. The molecule has 2 rings (SSSR count). The van der Waals surface area contributed by atoms with Crippen molar-refractivity contribution < 1.29 is 0 Å². The molecule has 0 spiro atoms. The quantitative estimate of drug-likeness (QED) is 0.587. The van der Waals surface area contributed by atoms with Gasteiger partial charge in [-0.25, -0.2) is 9.50 Å². The minimum Gasteiger partial charge on any atom is -0.302 e. The zero-order chi connectivity index (χ0) is 10.7. The van der Waals surface area contributed by atoms with Crippen molar-refractivity contribution in [3.05, 3.63) is 29.7 Å². The summed E-state index contributed by atoms with van der Waals surface area (Å²) in [5.41, 5.74) is 2.91. The first-order valence-electron chi connectivity index (χ1n) is 4.74. The van der Waals surface area contributed by atoms with Gasteiger partial charge in [0.05, 0.1) is 12.2 Å². The number of hydrogen-bond donors (Lipinski definition) is 1. The Labute approximate surface area is 88.3 Å². The fraction of sp³-hybridized carbons (Fsp3) is 0.273. The van der Waals surface area contributed by atoms with Gasteiger partial charge in [-0.3, -0.25) is 0 Å². The van der Waals surface area contributed by atoms with Crippen molar-refractivity contribution in [3.8, 4) is 12.3 Å². The molecule has 0 bridgehead atoms. The summed E-state index contributed by atoms with van der Waals surface area (Å²) in [4.78, 5) is 4.29. The number of aryl methyl sites for hydroxylation is 1. The molecule has 4 heteroatoms. The van der Waals surface area contributed by atoms with Crippen LogP contribution in [-0.4, -0.2) is 21.1 Å². The third kappa shape index (κ3) is 2.14. The van der Waals surface area contributed by atoms with Gasteiger partial charge in [0.1, 0.15) is 0 Å². The van der Waals surface area contributed by atoms with Gasteiger partial charge in [0.15, 0.2) is 5.65 Å². The van der Waals surface area contributed by atoms with E-state index in [1.54, 1.807) is 4.52 Å². The second-order valence-electron chi connectivity index (χ2n) is 3.36. The highest BCUT2D eigenvalue weighted by Gasteiger charge is 1.99. The molecule has 2 heterocycles. The van der Waals surface area contributed by atoms with E-state index in [1.165, 1.54) is 0 Å². The summed E-state index contributed by atoms with van der Waals surface area (Å²) in [6.07, 6.45) is 8.93. The number of rotatable bonds is 3. The molecule has 1 N–H and O–H groups in total. The van der Waals surface area contributed by atoms with E-state index in [4.69, 9.17) is 6.42 Å². The van der Waals surface area contributed by atoms with E-state index in [9.17, 15) is 0 Å². The second kappa shape index (κ2) is 4.11. The van der Waals surface area contributed by atoms with Crippen molar-refractivity contribution in [1.82, 2.24) is 19.9 Å². The molecular weight excluding hydrogens is 188 g/mol. The summed E-state index contributed by atoms with van der Waals surface area (Å²) in [5.74, 6) is 2.53. The van der Waals surface area contributed by atoms with Crippen LogP contribution in [0.15, 0.2) is 18.5 Å². The molecule has 0 aromatic carbocycles. The Morgan fingerprint density at radius 1 is 1.60 bits per heavy atom. The first-order chi connectivity index (χ1) is 7.29. The first-order valence-corrected chi connectivity index (χ1v) is 4.74. The number of nitrogens with zero attached hydrogens (tertiary/aromatic N) is 3. The molecule has 15 heavy (non-hydrogen) atoms. The van der Waals surface area contributed by atoms with Crippen LogP contribution in [-0.2, 0) is 6.54 Å². The van der Waals surface area contributed by atoms with Crippen LogP contribution in [0.1, 0.15) is 11.3 Å². The molecule has 4 nitrogen and oxygen atoms in total. The van der Waals surface area contributed by atoms with Gasteiger partial charge in [-0.1, -0.05) is 5.92 Å². The van der Waals surface area contributed by atoms with E-state index in [0.717, 1.165) is 16.9 Å². The standard InChI is InChI=1S/C11H12N4/c1-3-4-12-6-10-7-13-11-5-9(2)14-15(11)8-10/h1,5,7-8,12H,4,6H2,2H3. The molecule has 0 atom stereocenters. The fourth-order valence-electron chi connectivity index (χ4n) is 1.40. The number of fused-ring (bicyclic) bond motifs is 1. The summed E-state index contributed by atoms with van der Waals surface area (Å²) in [7, 11) is 0. The zero-order valence-electron chi connectivity index (χ0n) is 8.57. The SMILES string of the molecule is C#CCNCc1cnc2cc(C)nn2c1. The van der Waals surface area contributed by atoms with E-state index in [2.05, 4.69) is 21.3 Å². The molecule has 0 fully saturated rings. The summed E-state index contributed by atoms with van der Waals surface area (Å²) >= 11 is 0. The lowest BCUT2D eigenvalue weighted by molar-refractivity contribution is 0.754. The molecule has 2 aromatic heterocycles. The molecule has 0 aliphatic carbocycles. The van der Waals surface area contributed by atoms with Crippen LogP contribution in [0.2, 0.25) is 0 Å². The maximum Gasteiger partial charge on any atom is 0.155 e. The predicted molar refractivity (Wildman–Crippen MR) is 58.3 cm³/mol. The monoisotopic (exact) mass is 200 g/mol. The lowest BCUT2D eigenvalue weighted by Crippen LogP contribution is -2.13. The van der Waals surface area contributed by atoms with Crippen LogP contribution in [0.25, 0.3) is 5.65 Å². The highest BCUT2D eigenvalue weighted by atomic mass is 15.2.